The predicted octanol–water partition coefficient (Wildman–Crippen LogP) is 1.95. The molecule has 3 N–H and O–H groups in total. The third-order valence-electron chi connectivity index (χ3n) is 2.34. The van der Waals surface area contributed by atoms with Crippen LogP contribution in [0.15, 0.2) is 33.9 Å². The molecule has 0 bridgehead atoms. The first-order valence-electron chi connectivity index (χ1n) is 5.60. The van der Waals surface area contributed by atoms with Gasteiger partial charge in [0.2, 0.25) is 5.16 Å². The quantitative estimate of drug-likeness (QED) is 0.496. The lowest BCUT2D eigenvalue weighted by molar-refractivity contribution is -0.112. The first-order valence-corrected chi connectivity index (χ1v) is 7.47. The van der Waals surface area contributed by atoms with E-state index in [0.29, 0.717) is 11.0 Å². The minimum absolute atomic E-state index is 0.00786. The van der Waals surface area contributed by atoms with E-state index in [1.54, 1.807) is 11.3 Å². The molecule has 2 aromatic rings. The summed E-state index contributed by atoms with van der Waals surface area (Å²) in [4.78, 5) is 17.0. The minimum atomic E-state index is -0.319. The largest absolute Gasteiger partial charge is 0.401 e. The van der Waals surface area contributed by atoms with E-state index in [1.165, 1.54) is 18.7 Å². The zero-order valence-corrected chi connectivity index (χ0v) is 12.2. The number of nitrogens with zero attached hydrogens (tertiary/aromatic N) is 3. The molecule has 0 aliphatic rings. The Bertz CT molecular complexity index is 677. The normalized spacial score (nSPS) is 11.8. The maximum Gasteiger partial charge on any atom is 0.209 e. The Morgan fingerprint density at radius 2 is 2.45 bits per heavy atom. The number of thiophene rings is 1. The van der Waals surface area contributed by atoms with Crippen molar-refractivity contribution >= 4 is 28.9 Å². The van der Waals surface area contributed by atoms with Gasteiger partial charge in [-0.25, -0.2) is 4.98 Å². The number of rotatable bonds is 5. The number of nitriles is 1. The molecule has 0 amide bonds. The number of ketones is 1. The van der Waals surface area contributed by atoms with Crippen molar-refractivity contribution in [2.45, 2.75) is 12.1 Å². The summed E-state index contributed by atoms with van der Waals surface area (Å²) in [6.07, 6.45) is 0. The number of aromatic nitrogens is 3. The van der Waals surface area contributed by atoms with Crippen LogP contribution in [0.2, 0.25) is 0 Å². The van der Waals surface area contributed by atoms with Crippen LogP contribution < -0.4 is 5.73 Å². The zero-order chi connectivity index (χ0) is 14.5. The average molecular weight is 305 g/mol. The second-order valence-corrected chi connectivity index (χ2v) is 5.72. The molecule has 0 saturated carbocycles. The standard InChI is InChI=1S/C12H11N5OS2/c1-7(14)8(5-13)9(18)6-20-12-15-11(16-17-12)10-3-2-4-19-10/h2-4H,6,14H2,1H3,(H,15,16,17)/b8-7+. The first-order chi connectivity index (χ1) is 9.61. The number of aromatic amines is 1. The number of hydrogen-bond acceptors (Lipinski definition) is 7. The molecule has 0 saturated heterocycles. The molecule has 2 rings (SSSR count). The zero-order valence-electron chi connectivity index (χ0n) is 10.6. The summed E-state index contributed by atoms with van der Waals surface area (Å²) in [6.45, 7) is 1.53. The van der Waals surface area contributed by atoms with Gasteiger partial charge in [-0.05, 0) is 18.4 Å². The molecule has 2 aromatic heterocycles. The van der Waals surface area contributed by atoms with E-state index in [-0.39, 0.29) is 22.8 Å². The molecule has 0 radical (unpaired) electrons. The summed E-state index contributed by atoms with van der Waals surface area (Å²) in [5.74, 6) is 0.431. The lowest BCUT2D eigenvalue weighted by Gasteiger charge is -1.98. The number of H-pyrrole nitrogens is 1. The number of nitrogens with two attached hydrogens (primary N) is 1. The molecule has 20 heavy (non-hydrogen) atoms. The van der Waals surface area contributed by atoms with Crippen LogP contribution in [-0.4, -0.2) is 26.7 Å². The lowest BCUT2D eigenvalue weighted by atomic mass is 10.2. The van der Waals surface area contributed by atoms with Crippen LogP contribution in [0.4, 0.5) is 0 Å². The van der Waals surface area contributed by atoms with E-state index < -0.39 is 0 Å². The SMILES string of the molecule is C/C(N)=C(/C#N)C(=O)CSc1n[nH]c(-c2cccs2)n1. The monoisotopic (exact) mass is 305 g/mol. The highest BCUT2D eigenvalue weighted by Gasteiger charge is 2.14. The van der Waals surface area contributed by atoms with Crippen molar-refractivity contribution in [3.63, 3.8) is 0 Å². The maximum atomic E-state index is 11.8. The molecular weight excluding hydrogens is 294 g/mol. The van der Waals surface area contributed by atoms with E-state index in [0.717, 1.165) is 4.88 Å². The summed E-state index contributed by atoms with van der Waals surface area (Å²) in [6, 6.07) is 5.66. The van der Waals surface area contributed by atoms with Gasteiger partial charge in [0.25, 0.3) is 0 Å². The fraction of sp³-hybridized carbons (Fsp3) is 0.167. The molecule has 0 unspecified atom stereocenters. The molecule has 2 heterocycles. The smallest absolute Gasteiger partial charge is 0.209 e. The average Bonchev–Trinajstić information content (AvgIpc) is 3.07. The van der Waals surface area contributed by atoms with Crippen LogP contribution >= 0.6 is 23.1 Å². The van der Waals surface area contributed by atoms with Crippen molar-refractivity contribution in [1.29, 1.82) is 5.26 Å². The number of hydrogen-bond donors (Lipinski definition) is 2. The van der Waals surface area contributed by atoms with Gasteiger partial charge in [-0.1, -0.05) is 17.8 Å². The Labute approximate surface area is 123 Å². The molecule has 6 nitrogen and oxygen atoms in total. The Morgan fingerprint density at radius 3 is 3.05 bits per heavy atom. The molecule has 0 spiro atoms. The Kier molecular flexibility index (Phi) is 4.55. The van der Waals surface area contributed by atoms with Gasteiger partial charge in [-0.3, -0.25) is 9.89 Å². The minimum Gasteiger partial charge on any atom is -0.401 e. The van der Waals surface area contributed by atoms with E-state index in [2.05, 4.69) is 15.2 Å². The van der Waals surface area contributed by atoms with Gasteiger partial charge in [-0.15, -0.1) is 16.4 Å². The lowest BCUT2D eigenvalue weighted by Crippen LogP contribution is -2.10. The molecule has 0 aliphatic carbocycles. The van der Waals surface area contributed by atoms with Gasteiger partial charge in [0, 0.05) is 5.70 Å². The molecule has 0 fully saturated rings. The summed E-state index contributed by atoms with van der Waals surface area (Å²) in [7, 11) is 0. The third-order valence-corrected chi connectivity index (χ3v) is 4.06. The van der Waals surface area contributed by atoms with Crippen molar-refractivity contribution in [2.24, 2.45) is 5.73 Å². The number of Topliss-reactive ketones (excluding diaryl/α,β-unsaturated/α-hetero) is 1. The number of thioether (sulfide) groups is 1. The fourth-order valence-electron chi connectivity index (χ4n) is 1.41. The highest BCUT2D eigenvalue weighted by molar-refractivity contribution is 7.99. The van der Waals surface area contributed by atoms with Crippen LogP contribution in [0.5, 0.6) is 0 Å². The maximum absolute atomic E-state index is 11.8. The summed E-state index contributed by atoms with van der Waals surface area (Å²) in [5, 5.41) is 18.1. The second-order valence-electron chi connectivity index (χ2n) is 3.83. The van der Waals surface area contributed by atoms with Gasteiger partial charge in [0.05, 0.1) is 10.6 Å². The summed E-state index contributed by atoms with van der Waals surface area (Å²) in [5.41, 5.74) is 5.70. The molecule has 0 aliphatic heterocycles. The van der Waals surface area contributed by atoms with E-state index in [1.807, 2.05) is 23.6 Å². The molecule has 8 heteroatoms. The van der Waals surface area contributed by atoms with Crippen LogP contribution in [-0.2, 0) is 4.79 Å². The first kappa shape index (κ1) is 14.3. The van der Waals surface area contributed by atoms with Gasteiger partial charge < -0.3 is 5.73 Å². The molecule has 0 atom stereocenters. The van der Waals surface area contributed by atoms with Crippen molar-refractivity contribution in [2.75, 3.05) is 5.75 Å². The number of allylic oxidation sites excluding steroid dienone is 2. The molecule has 0 aromatic carbocycles. The summed E-state index contributed by atoms with van der Waals surface area (Å²) < 4.78 is 0. The number of carbonyl (C=O) groups excluding carboxylic acids is 1. The van der Waals surface area contributed by atoms with E-state index >= 15 is 0 Å². The topological polar surface area (TPSA) is 108 Å². The van der Waals surface area contributed by atoms with Crippen molar-refractivity contribution in [1.82, 2.24) is 15.2 Å². The predicted molar refractivity (Wildman–Crippen MR) is 77.9 cm³/mol. The summed E-state index contributed by atoms with van der Waals surface area (Å²) >= 11 is 2.72. The fourth-order valence-corrected chi connectivity index (χ4v) is 2.74. The molecular formula is C12H11N5OS2. The van der Waals surface area contributed by atoms with Gasteiger partial charge in [-0.2, -0.15) is 5.26 Å². The molecule has 102 valence electrons. The Hall–Kier alpha value is -2.11. The highest BCUT2D eigenvalue weighted by atomic mass is 32.2. The van der Waals surface area contributed by atoms with Gasteiger partial charge >= 0.3 is 0 Å². The van der Waals surface area contributed by atoms with Crippen LogP contribution in [0.25, 0.3) is 10.7 Å². The number of nitrogens with one attached hydrogen (secondary N) is 1. The van der Waals surface area contributed by atoms with E-state index in [4.69, 9.17) is 11.0 Å². The highest BCUT2D eigenvalue weighted by Crippen LogP contribution is 2.23. The van der Waals surface area contributed by atoms with E-state index in [9.17, 15) is 4.79 Å². The van der Waals surface area contributed by atoms with Crippen LogP contribution in [0, 0.1) is 11.3 Å². The third kappa shape index (κ3) is 3.26. The van der Waals surface area contributed by atoms with Crippen LogP contribution in [0.1, 0.15) is 6.92 Å². The van der Waals surface area contributed by atoms with Crippen molar-refractivity contribution in [3.8, 4) is 16.8 Å². The number of carbonyl (C=O) groups is 1. The van der Waals surface area contributed by atoms with Crippen molar-refractivity contribution < 1.29 is 4.79 Å². The van der Waals surface area contributed by atoms with Crippen molar-refractivity contribution in [3.05, 3.63) is 28.8 Å². The van der Waals surface area contributed by atoms with Crippen LogP contribution in [0.3, 0.4) is 0 Å². The Balaban J connectivity index is 2.01. The van der Waals surface area contributed by atoms with Gasteiger partial charge in [0.15, 0.2) is 11.6 Å². The second kappa shape index (κ2) is 6.36. The Morgan fingerprint density at radius 1 is 1.65 bits per heavy atom. The van der Waals surface area contributed by atoms with Gasteiger partial charge in [0.1, 0.15) is 11.6 Å².